The number of nitrogens with two attached hydrogens (primary N) is 1. The predicted molar refractivity (Wildman–Crippen MR) is 123 cm³/mol. The Morgan fingerprint density at radius 3 is 2.41 bits per heavy atom. The van der Waals surface area contributed by atoms with E-state index in [1.165, 1.54) is 6.08 Å². The van der Waals surface area contributed by atoms with Crippen LogP contribution in [-0.2, 0) is 28.4 Å². The number of amides is 2. The number of hydrogen-bond donors (Lipinski definition) is 2. The van der Waals surface area contributed by atoms with E-state index < -0.39 is 46.3 Å². The van der Waals surface area contributed by atoms with Crippen LogP contribution in [0.25, 0.3) is 0 Å². The molecule has 1 heterocycles. The van der Waals surface area contributed by atoms with E-state index in [0.29, 0.717) is 50.3 Å². The largest absolute Gasteiger partial charge is 0.416 e. The zero-order valence-corrected chi connectivity index (χ0v) is 20.4. The molecule has 4 aliphatic rings. The number of nitrogens with one attached hydrogen (secondary N) is 1. The van der Waals surface area contributed by atoms with Crippen LogP contribution >= 0.6 is 0 Å². The first kappa shape index (κ1) is 26.1. The second-order valence-electron chi connectivity index (χ2n) is 11.6. The zero-order chi connectivity index (χ0) is 27.0. The van der Waals surface area contributed by atoms with Gasteiger partial charge >= 0.3 is 12.4 Å². The van der Waals surface area contributed by atoms with Crippen molar-refractivity contribution in [3.05, 3.63) is 47.0 Å². The minimum atomic E-state index is -4.83. The summed E-state index contributed by atoms with van der Waals surface area (Å²) in [6.45, 7) is 2.09. The predicted octanol–water partition coefficient (Wildman–Crippen LogP) is 5.65. The Bertz CT molecular complexity index is 1140. The lowest BCUT2D eigenvalue weighted by Crippen LogP contribution is -2.60. The van der Waals surface area contributed by atoms with Gasteiger partial charge in [0, 0.05) is 17.4 Å². The highest BCUT2D eigenvalue weighted by Gasteiger charge is 2.62. The van der Waals surface area contributed by atoms with Crippen molar-refractivity contribution < 1.29 is 35.9 Å². The van der Waals surface area contributed by atoms with Crippen LogP contribution in [0.5, 0.6) is 0 Å². The second kappa shape index (κ2) is 8.50. The van der Waals surface area contributed by atoms with Crippen LogP contribution in [-0.4, -0.2) is 17.9 Å². The van der Waals surface area contributed by atoms with E-state index in [-0.39, 0.29) is 41.5 Å². The smallest absolute Gasteiger partial charge is 0.369 e. The van der Waals surface area contributed by atoms with Gasteiger partial charge in [-0.3, -0.25) is 9.59 Å². The molecular weight excluding hydrogens is 498 g/mol. The highest BCUT2D eigenvalue weighted by atomic mass is 19.4. The summed E-state index contributed by atoms with van der Waals surface area (Å²) in [5.74, 6) is -1.41. The van der Waals surface area contributed by atoms with Crippen LogP contribution < -0.4 is 11.1 Å². The molecule has 7 atom stereocenters. The van der Waals surface area contributed by atoms with Crippen LogP contribution in [0, 0.1) is 34.5 Å². The molecule has 0 radical (unpaired) electrons. The third kappa shape index (κ3) is 4.14. The summed E-state index contributed by atoms with van der Waals surface area (Å²) < 4.78 is 82.4. The number of carbonyl (C=O) groups is 2. The first-order valence-electron chi connectivity index (χ1n) is 12.7. The summed E-state index contributed by atoms with van der Waals surface area (Å²) in [5, 5.41) is 3.04. The molecule has 3 fully saturated rings. The minimum absolute atomic E-state index is 0.0487. The Labute approximate surface area is 211 Å². The standard InChI is InChI=1S/C27H30F6N2O2/c1-24-10-9-22(36)35-21(24)7-3-16-18(24)8-11-25(19(16)5-6-20(25)23(34)37)13-14-12-15(26(28,29)30)2-4-17(14)27(31,32)33/h2,4,9-10,12,16,18-21H,3,5-8,11,13H2,1H3,(H2,34,37)(H,35,36)/t16-,18+,19+,20-,21-,24-,25-/m1/s1. The molecule has 202 valence electrons. The van der Waals surface area contributed by atoms with E-state index in [9.17, 15) is 35.9 Å². The first-order valence-corrected chi connectivity index (χ1v) is 12.7. The summed E-state index contributed by atoms with van der Waals surface area (Å²) in [5.41, 5.74) is 1.85. The van der Waals surface area contributed by atoms with Crippen molar-refractivity contribution in [1.82, 2.24) is 5.32 Å². The fourth-order valence-corrected chi connectivity index (χ4v) is 8.46. The van der Waals surface area contributed by atoms with Gasteiger partial charge in [0.15, 0.2) is 0 Å². The Morgan fingerprint density at radius 2 is 1.76 bits per heavy atom. The Kier molecular flexibility index (Phi) is 5.99. The number of fused-ring (bicyclic) bond motifs is 5. The van der Waals surface area contributed by atoms with Crippen LogP contribution in [0.1, 0.15) is 62.1 Å². The molecule has 3 N–H and O–H groups in total. The molecule has 2 amide bonds. The maximum Gasteiger partial charge on any atom is 0.416 e. The van der Waals surface area contributed by atoms with Gasteiger partial charge < -0.3 is 11.1 Å². The lowest BCUT2D eigenvalue weighted by atomic mass is 9.46. The number of hydrogen-bond acceptors (Lipinski definition) is 2. The summed E-state index contributed by atoms with van der Waals surface area (Å²) in [7, 11) is 0. The normalized spacial score (nSPS) is 37.4. The maximum absolute atomic E-state index is 13.9. The van der Waals surface area contributed by atoms with Gasteiger partial charge in [-0.25, -0.2) is 0 Å². The lowest BCUT2D eigenvalue weighted by Gasteiger charge is -2.59. The Hall–Kier alpha value is -2.52. The van der Waals surface area contributed by atoms with E-state index in [4.69, 9.17) is 5.73 Å². The SMILES string of the molecule is C[C@]12C=CC(=O)N[C@@H]1CC[C@@H]1[C@@H]2CC[C@]2(Cc3cc(C(F)(F)F)ccc3C(F)(F)F)[C@@H](C(N)=O)CC[C@@H]12. The zero-order valence-electron chi connectivity index (χ0n) is 20.4. The molecule has 0 saturated heterocycles. The third-order valence-corrected chi connectivity index (χ3v) is 10.0. The molecule has 0 bridgehead atoms. The van der Waals surface area contributed by atoms with Crippen LogP contribution in [0.15, 0.2) is 30.4 Å². The maximum atomic E-state index is 13.9. The van der Waals surface area contributed by atoms with E-state index in [2.05, 4.69) is 12.2 Å². The van der Waals surface area contributed by atoms with Crippen LogP contribution in [0.2, 0.25) is 0 Å². The average molecular weight is 529 g/mol. The van der Waals surface area contributed by atoms with Crippen molar-refractivity contribution in [2.45, 2.75) is 70.3 Å². The molecule has 10 heteroatoms. The van der Waals surface area contributed by atoms with Gasteiger partial charge in [-0.05, 0) is 98.0 Å². The van der Waals surface area contributed by atoms with E-state index >= 15 is 0 Å². The Balaban J connectivity index is 1.58. The van der Waals surface area contributed by atoms with Gasteiger partial charge in [0.05, 0.1) is 11.1 Å². The quantitative estimate of drug-likeness (QED) is 0.498. The number of benzene rings is 1. The molecule has 4 nitrogen and oxygen atoms in total. The minimum Gasteiger partial charge on any atom is -0.369 e. The molecule has 37 heavy (non-hydrogen) atoms. The molecule has 1 aromatic carbocycles. The Morgan fingerprint density at radius 1 is 1.03 bits per heavy atom. The van der Waals surface area contributed by atoms with Gasteiger partial charge in [0.2, 0.25) is 11.8 Å². The molecule has 0 unspecified atom stereocenters. The summed E-state index contributed by atoms with van der Waals surface area (Å²) in [6, 6.07) is 1.53. The fraction of sp³-hybridized carbons (Fsp3) is 0.630. The van der Waals surface area contributed by atoms with Crippen molar-refractivity contribution in [3.8, 4) is 0 Å². The van der Waals surface area contributed by atoms with E-state index in [1.807, 2.05) is 6.08 Å². The monoisotopic (exact) mass is 528 g/mol. The summed E-state index contributed by atoms with van der Waals surface area (Å²) in [6.07, 6.45) is -3.03. The molecular formula is C27H30F6N2O2. The van der Waals surface area contributed by atoms with Gasteiger partial charge in [0.25, 0.3) is 0 Å². The topological polar surface area (TPSA) is 72.2 Å². The van der Waals surface area contributed by atoms with Crippen molar-refractivity contribution >= 4 is 11.8 Å². The molecule has 0 spiro atoms. The number of alkyl halides is 6. The highest BCUT2D eigenvalue weighted by molar-refractivity contribution is 5.89. The molecule has 0 aromatic heterocycles. The van der Waals surface area contributed by atoms with Gasteiger partial charge in [-0.2, -0.15) is 26.3 Å². The highest BCUT2D eigenvalue weighted by Crippen LogP contribution is 2.66. The third-order valence-electron chi connectivity index (χ3n) is 10.0. The van der Waals surface area contributed by atoms with E-state index in [0.717, 1.165) is 6.42 Å². The number of rotatable bonds is 3. The summed E-state index contributed by atoms with van der Waals surface area (Å²) in [4.78, 5) is 24.6. The lowest BCUT2D eigenvalue weighted by molar-refractivity contribution is -0.143. The first-order chi connectivity index (χ1) is 17.2. The van der Waals surface area contributed by atoms with Crippen molar-refractivity contribution in [2.75, 3.05) is 0 Å². The fourth-order valence-electron chi connectivity index (χ4n) is 8.46. The number of primary amides is 1. The number of carbonyl (C=O) groups excluding carboxylic acids is 2. The summed E-state index contributed by atoms with van der Waals surface area (Å²) >= 11 is 0. The second-order valence-corrected chi connectivity index (χ2v) is 11.6. The van der Waals surface area contributed by atoms with Crippen molar-refractivity contribution in [1.29, 1.82) is 0 Å². The van der Waals surface area contributed by atoms with Crippen molar-refractivity contribution in [3.63, 3.8) is 0 Å². The van der Waals surface area contributed by atoms with Crippen LogP contribution in [0.4, 0.5) is 26.3 Å². The van der Waals surface area contributed by atoms with Gasteiger partial charge in [-0.15, -0.1) is 0 Å². The van der Waals surface area contributed by atoms with Gasteiger partial charge in [-0.1, -0.05) is 13.0 Å². The molecule has 5 rings (SSSR count). The van der Waals surface area contributed by atoms with Crippen molar-refractivity contribution in [2.24, 2.45) is 40.2 Å². The number of halogens is 6. The van der Waals surface area contributed by atoms with E-state index in [1.54, 1.807) is 0 Å². The molecule has 3 saturated carbocycles. The van der Waals surface area contributed by atoms with Gasteiger partial charge in [0.1, 0.15) is 0 Å². The molecule has 3 aliphatic carbocycles. The van der Waals surface area contributed by atoms with Crippen LogP contribution in [0.3, 0.4) is 0 Å². The average Bonchev–Trinajstić information content (AvgIpc) is 3.17. The molecule has 1 aliphatic heterocycles. The molecule has 1 aromatic rings.